The maximum Gasteiger partial charge on any atom is 0.255 e. The van der Waals surface area contributed by atoms with Crippen LogP contribution in [0.1, 0.15) is 37.4 Å². The number of nitrogens with one attached hydrogen (secondary N) is 1. The molecule has 0 atom stereocenters. The highest BCUT2D eigenvalue weighted by molar-refractivity contribution is 6.10. The Morgan fingerprint density at radius 2 is 1.20 bits per heavy atom. The van der Waals surface area contributed by atoms with Crippen molar-refractivity contribution in [2.45, 2.75) is 13.8 Å². The molecule has 0 heterocycles. The zero-order valence-electron chi connectivity index (χ0n) is 14.2. The van der Waals surface area contributed by atoms with Crippen LogP contribution in [0.2, 0.25) is 0 Å². The van der Waals surface area contributed by atoms with Crippen LogP contribution in [-0.2, 0) is 0 Å². The maximum atomic E-state index is 12.4. The molecule has 3 aromatic rings. The van der Waals surface area contributed by atoms with Gasteiger partial charge in [-0.1, -0.05) is 48.5 Å². The predicted molar refractivity (Wildman–Crippen MR) is 100 cm³/mol. The van der Waals surface area contributed by atoms with E-state index in [0.717, 1.165) is 16.8 Å². The van der Waals surface area contributed by atoms with Gasteiger partial charge in [0.25, 0.3) is 5.91 Å². The van der Waals surface area contributed by atoms with E-state index in [4.69, 9.17) is 0 Å². The molecule has 0 aromatic heterocycles. The minimum absolute atomic E-state index is 0.0538. The quantitative estimate of drug-likeness (QED) is 0.700. The van der Waals surface area contributed by atoms with Crippen molar-refractivity contribution in [3.8, 4) is 0 Å². The molecular weight excluding hydrogens is 310 g/mol. The van der Waals surface area contributed by atoms with E-state index >= 15 is 0 Å². The molecule has 3 aromatic carbocycles. The first-order valence-electron chi connectivity index (χ1n) is 8.12. The van der Waals surface area contributed by atoms with E-state index in [2.05, 4.69) is 11.4 Å². The summed E-state index contributed by atoms with van der Waals surface area (Å²) >= 11 is 0. The summed E-state index contributed by atoms with van der Waals surface area (Å²) in [5, 5.41) is 2.90. The summed E-state index contributed by atoms with van der Waals surface area (Å²) in [4.78, 5) is 24.8. The van der Waals surface area contributed by atoms with E-state index in [0.29, 0.717) is 16.7 Å². The molecule has 0 radical (unpaired) electrons. The van der Waals surface area contributed by atoms with Crippen LogP contribution in [0.15, 0.2) is 72.8 Å². The molecule has 0 saturated heterocycles. The Morgan fingerprint density at radius 1 is 0.680 bits per heavy atom. The van der Waals surface area contributed by atoms with E-state index in [9.17, 15) is 9.59 Å². The third kappa shape index (κ3) is 4.01. The fourth-order valence-electron chi connectivity index (χ4n) is 2.78. The van der Waals surface area contributed by atoms with Crippen LogP contribution in [-0.4, -0.2) is 11.7 Å². The van der Waals surface area contributed by atoms with Gasteiger partial charge in [-0.2, -0.15) is 0 Å². The van der Waals surface area contributed by atoms with Gasteiger partial charge in [0.05, 0.1) is 0 Å². The Labute approximate surface area is 147 Å². The number of aryl methyl sites for hydroxylation is 2. The van der Waals surface area contributed by atoms with Gasteiger partial charge in [-0.25, -0.2) is 0 Å². The predicted octanol–water partition coefficient (Wildman–Crippen LogP) is 4.79. The molecule has 0 fully saturated rings. The standard InChI is InChI=1S/C22H19NO2/c1-15-12-16(2)14-20(13-15)23-22(25)19-10-8-18(9-11-19)21(24)17-6-4-3-5-7-17/h3-14H,1-2H3,(H,23,25). The van der Waals surface area contributed by atoms with Crippen LogP contribution in [0, 0.1) is 13.8 Å². The van der Waals surface area contributed by atoms with Gasteiger partial charge in [-0.15, -0.1) is 0 Å². The largest absolute Gasteiger partial charge is 0.322 e. The molecule has 0 bridgehead atoms. The molecule has 3 heteroatoms. The third-order valence-corrected chi connectivity index (χ3v) is 3.92. The van der Waals surface area contributed by atoms with Crippen LogP contribution >= 0.6 is 0 Å². The van der Waals surface area contributed by atoms with Crippen LogP contribution in [0.5, 0.6) is 0 Å². The van der Waals surface area contributed by atoms with Crippen molar-refractivity contribution < 1.29 is 9.59 Å². The molecule has 3 rings (SSSR count). The van der Waals surface area contributed by atoms with Gasteiger partial charge in [0.2, 0.25) is 0 Å². The first-order valence-corrected chi connectivity index (χ1v) is 8.12. The van der Waals surface area contributed by atoms with Crippen molar-refractivity contribution in [2.24, 2.45) is 0 Å². The second-order valence-corrected chi connectivity index (χ2v) is 6.10. The van der Waals surface area contributed by atoms with Gasteiger partial charge in [0.1, 0.15) is 0 Å². The fourth-order valence-corrected chi connectivity index (χ4v) is 2.78. The highest BCUT2D eigenvalue weighted by Gasteiger charge is 2.11. The molecule has 1 N–H and O–H groups in total. The highest BCUT2D eigenvalue weighted by Crippen LogP contribution is 2.16. The van der Waals surface area contributed by atoms with Crippen molar-refractivity contribution in [3.05, 3.63) is 101 Å². The van der Waals surface area contributed by atoms with Gasteiger partial charge in [0.15, 0.2) is 5.78 Å². The van der Waals surface area contributed by atoms with Crippen molar-refractivity contribution >= 4 is 17.4 Å². The van der Waals surface area contributed by atoms with Crippen molar-refractivity contribution in [2.75, 3.05) is 5.32 Å². The van der Waals surface area contributed by atoms with E-state index in [1.807, 2.05) is 44.2 Å². The Balaban J connectivity index is 1.75. The second kappa shape index (κ2) is 7.14. The Kier molecular flexibility index (Phi) is 4.75. The summed E-state index contributed by atoms with van der Waals surface area (Å²) in [7, 11) is 0. The number of rotatable bonds is 4. The molecule has 0 spiro atoms. The van der Waals surface area contributed by atoms with Crippen LogP contribution in [0.25, 0.3) is 0 Å². The Morgan fingerprint density at radius 3 is 1.80 bits per heavy atom. The maximum absolute atomic E-state index is 12.4. The molecule has 1 amide bonds. The molecule has 0 aliphatic rings. The number of benzene rings is 3. The van der Waals surface area contributed by atoms with E-state index < -0.39 is 0 Å². The summed E-state index contributed by atoms with van der Waals surface area (Å²) in [6, 6.07) is 21.7. The molecule has 0 aliphatic carbocycles. The molecule has 3 nitrogen and oxygen atoms in total. The third-order valence-electron chi connectivity index (χ3n) is 3.92. The fraction of sp³-hybridized carbons (Fsp3) is 0.0909. The number of anilines is 1. The molecule has 25 heavy (non-hydrogen) atoms. The van der Waals surface area contributed by atoms with Gasteiger partial charge in [0, 0.05) is 22.4 Å². The zero-order valence-corrected chi connectivity index (χ0v) is 14.2. The van der Waals surface area contributed by atoms with Gasteiger partial charge in [-0.3, -0.25) is 9.59 Å². The average Bonchev–Trinajstić information content (AvgIpc) is 2.61. The summed E-state index contributed by atoms with van der Waals surface area (Å²) in [6.45, 7) is 3.99. The number of amides is 1. The van der Waals surface area contributed by atoms with Gasteiger partial charge in [-0.05, 0) is 49.2 Å². The molecule has 124 valence electrons. The Bertz CT molecular complexity index is 892. The molecule has 0 aliphatic heterocycles. The number of carbonyl (C=O) groups is 2. The minimum atomic E-state index is -0.191. The smallest absolute Gasteiger partial charge is 0.255 e. The van der Waals surface area contributed by atoms with Crippen molar-refractivity contribution in [1.82, 2.24) is 0 Å². The number of carbonyl (C=O) groups excluding carboxylic acids is 2. The lowest BCUT2D eigenvalue weighted by Gasteiger charge is -2.08. The van der Waals surface area contributed by atoms with E-state index in [1.54, 1.807) is 36.4 Å². The van der Waals surface area contributed by atoms with Crippen LogP contribution in [0.4, 0.5) is 5.69 Å². The second-order valence-electron chi connectivity index (χ2n) is 6.10. The first kappa shape index (κ1) is 16.7. The normalized spacial score (nSPS) is 10.3. The van der Waals surface area contributed by atoms with Gasteiger partial charge >= 0.3 is 0 Å². The number of ketones is 1. The van der Waals surface area contributed by atoms with E-state index in [-0.39, 0.29) is 11.7 Å². The first-order chi connectivity index (χ1) is 12.0. The SMILES string of the molecule is Cc1cc(C)cc(NC(=O)c2ccc(C(=O)c3ccccc3)cc2)c1. The topological polar surface area (TPSA) is 46.2 Å². The lowest BCUT2D eigenvalue weighted by atomic mass is 10.0. The van der Waals surface area contributed by atoms with E-state index in [1.165, 1.54) is 0 Å². The summed E-state index contributed by atoms with van der Waals surface area (Å²) in [6.07, 6.45) is 0. The van der Waals surface area contributed by atoms with Crippen LogP contribution < -0.4 is 5.32 Å². The molecular formula is C22H19NO2. The van der Waals surface area contributed by atoms with Crippen molar-refractivity contribution in [1.29, 1.82) is 0 Å². The minimum Gasteiger partial charge on any atom is -0.322 e. The Hall–Kier alpha value is -3.20. The average molecular weight is 329 g/mol. The summed E-state index contributed by atoms with van der Waals surface area (Å²) in [5.74, 6) is -0.245. The number of hydrogen-bond acceptors (Lipinski definition) is 2. The van der Waals surface area contributed by atoms with Crippen LogP contribution in [0.3, 0.4) is 0 Å². The summed E-state index contributed by atoms with van der Waals surface area (Å²) in [5.41, 5.74) is 4.68. The highest BCUT2D eigenvalue weighted by atomic mass is 16.1. The lowest BCUT2D eigenvalue weighted by molar-refractivity contribution is 0.102. The molecule has 0 saturated carbocycles. The number of hydrogen-bond donors (Lipinski definition) is 1. The zero-order chi connectivity index (χ0) is 17.8. The van der Waals surface area contributed by atoms with Crippen molar-refractivity contribution in [3.63, 3.8) is 0 Å². The lowest BCUT2D eigenvalue weighted by Crippen LogP contribution is -2.12. The summed E-state index contributed by atoms with van der Waals surface area (Å²) < 4.78 is 0. The monoisotopic (exact) mass is 329 g/mol. The molecule has 0 unspecified atom stereocenters. The van der Waals surface area contributed by atoms with Gasteiger partial charge < -0.3 is 5.32 Å².